The van der Waals surface area contributed by atoms with Crippen LogP contribution in [-0.4, -0.2) is 49.6 Å². The maximum absolute atomic E-state index is 11.7. The quantitative estimate of drug-likeness (QED) is 0.713. The molecule has 2 aromatic carbocycles. The van der Waals surface area contributed by atoms with Gasteiger partial charge >= 0.3 is 0 Å². The van der Waals surface area contributed by atoms with Gasteiger partial charge in [0.05, 0.1) is 10.7 Å². The van der Waals surface area contributed by atoms with Crippen LogP contribution < -0.4 is 9.80 Å². The van der Waals surface area contributed by atoms with Gasteiger partial charge in [-0.2, -0.15) is 0 Å². The van der Waals surface area contributed by atoms with E-state index in [1.165, 1.54) is 11.1 Å². The lowest BCUT2D eigenvalue weighted by Crippen LogP contribution is -2.50. The molecule has 156 valence electrons. The molecule has 1 unspecified atom stereocenters. The van der Waals surface area contributed by atoms with E-state index < -0.39 is 0 Å². The van der Waals surface area contributed by atoms with Gasteiger partial charge in [0.2, 0.25) is 5.91 Å². The second-order valence-electron chi connectivity index (χ2n) is 7.91. The van der Waals surface area contributed by atoms with Gasteiger partial charge in [-0.1, -0.05) is 35.9 Å². The molecule has 1 atom stereocenters. The van der Waals surface area contributed by atoms with Crippen LogP contribution in [-0.2, 0) is 17.6 Å². The Balaban J connectivity index is 0.00000240. The highest BCUT2D eigenvalue weighted by molar-refractivity contribution is 6.33. The van der Waals surface area contributed by atoms with Crippen LogP contribution in [0.25, 0.3) is 0 Å². The summed E-state index contributed by atoms with van der Waals surface area (Å²) in [7, 11) is 0. The van der Waals surface area contributed by atoms with Crippen molar-refractivity contribution < 1.29 is 4.79 Å². The van der Waals surface area contributed by atoms with Crippen molar-refractivity contribution in [3.8, 4) is 0 Å². The Morgan fingerprint density at radius 3 is 2.45 bits per heavy atom. The molecule has 2 heterocycles. The minimum absolute atomic E-state index is 0. The van der Waals surface area contributed by atoms with Gasteiger partial charge < -0.3 is 9.80 Å². The minimum atomic E-state index is 0. The molecular weight excluding hydrogens is 405 g/mol. The number of amides is 1. The predicted molar refractivity (Wildman–Crippen MR) is 124 cm³/mol. The van der Waals surface area contributed by atoms with Crippen LogP contribution in [0.5, 0.6) is 0 Å². The van der Waals surface area contributed by atoms with Crippen LogP contribution in [0.4, 0.5) is 11.4 Å². The summed E-state index contributed by atoms with van der Waals surface area (Å²) in [6, 6.07) is 15.2. The largest absolute Gasteiger partial charge is 0.368 e. The first-order chi connectivity index (χ1) is 13.5. The van der Waals surface area contributed by atoms with Gasteiger partial charge in [-0.3, -0.25) is 9.69 Å². The van der Waals surface area contributed by atoms with Crippen LogP contribution in [0.3, 0.4) is 0 Å². The molecule has 2 aliphatic heterocycles. The molecule has 1 amide bonds. The summed E-state index contributed by atoms with van der Waals surface area (Å²) in [5, 5.41) is 0.835. The Bertz CT molecular complexity index is 865. The first kappa shape index (κ1) is 21.9. The molecular formula is C23H29Cl2N3O. The fourth-order valence-corrected chi connectivity index (χ4v) is 4.75. The normalized spacial score (nSPS) is 17.6. The van der Waals surface area contributed by atoms with Crippen LogP contribution in [0.2, 0.25) is 5.02 Å². The number of hydrogen-bond acceptors (Lipinski definition) is 3. The molecule has 2 aromatic rings. The highest BCUT2D eigenvalue weighted by Gasteiger charge is 2.25. The van der Waals surface area contributed by atoms with E-state index in [9.17, 15) is 4.79 Å². The Kier molecular flexibility index (Phi) is 7.10. The van der Waals surface area contributed by atoms with Crippen molar-refractivity contribution >= 4 is 41.3 Å². The molecule has 2 aliphatic rings. The molecule has 0 N–H and O–H groups in total. The van der Waals surface area contributed by atoms with E-state index in [0.717, 1.165) is 62.0 Å². The molecule has 0 aliphatic carbocycles. The third-order valence-corrected chi connectivity index (χ3v) is 6.40. The van der Waals surface area contributed by atoms with Crippen LogP contribution in [0.1, 0.15) is 25.0 Å². The number of hydrogen-bond donors (Lipinski definition) is 0. The Morgan fingerprint density at radius 1 is 1.03 bits per heavy atom. The Labute approximate surface area is 184 Å². The van der Waals surface area contributed by atoms with E-state index in [2.05, 4.69) is 47.1 Å². The summed E-state index contributed by atoms with van der Waals surface area (Å²) in [6.45, 7) is 8.89. The number of rotatable bonds is 4. The van der Waals surface area contributed by atoms with Gasteiger partial charge in [0.25, 0.3) is 0 Å². The number of piperazine rings is 1. The van der Waals surface area contributed by atoms with Crippen molar-refractivity contribution in [3.63, 3.8) is 0 Å². The Morgan fingerprint density at radius 2 is 1.76 bits per heavy atom. The highest BCUT2D eigenvalue weighted by Crippen LogP contribution is 2.30. The fourth-order valence-electron chi connectivity index (χ4n) is 4.49. The minimum Gasteiger partial charge on any atom is -0.368 e. The maximum atomic E-state index is 11.7. The van der Waals surface area contributed by atoms with Gasteiger partial charge in [0.1, 0.15) is 0 Å². The van der Waals surface area contributed by atoms with E-state index in [0.29, 0.717) is 6.04 Å². The summed E-state index contributed by atoms with van der Waals surface area (Å²) < 4.78 is 0. The molecule has 0 radical (unpaired) electrons. The number of halogens is 2. The van der Waals surface area contributed by atoms with Gasteiger partial charge in [0.15, 0.2) is 0 Å². The average Bonchev–Trinajstić information content (AvgIpc) is 3.12. The number of anilines is 2. The summed E-state index contributed by atoms with van der Waals surface area (Å²) in [4.78, 5) is 18.6. The van der Waals surface area contributed by atoms with Gasteiger partial charge in [-0.15, -0.1) is 12.4 Å². The van der Waals surface area contributed by atoms with Crippen LogP contribution >= 0.6 is 24.0 Å². The smallest absolute Gasteiger partial charge is 0.223 e. The van der Waals surface area contributed by atoms with Crippen molar-refractivity contribution in [1.82, 2.24) is 4.90 Å². The first-order valence-electron chi connectivity index (χ1n) is 10.2. The topological polar surface area (TPSA) is 26.8 Å². The average molecular weight is 434 g/mol. The predicted octanol–water partition coefficient (Wildman–Crippen LogP) is 4.42. The van der Waals surface area contributed by atoms with E-state index in [1.54, 1.807) is 6.92 Å². The Hall–Kier alpha value is -1.75. The molecule has 0 bridgehead atoms. The zero-order chi connectivity index (χ0) is 19.7. The van der Waals surface area contributed by atoms with Gasteiger partial charge in [-0.25, -0.2) is 0 Å². The highest BCUT2D eigenvalue weighted by atomic mass is 35.5. The molecule has 0 spiro atoms. The molecule has 0 saturated carbocycles. The molecule has 4 nitrogen and oxygen atoms in total. The molecule has 6 heteroatoms. The summed E-state index contributed by atoms with van der Waals surface area (Å²) in [5.41, 5.74) is 4.91. The van der Waals surface area contributed by atoms with Crippen LogP contribution in [0.15, 0.2) is 42.5 Å². The third-order valence-electron chi connectivity index (χ3n) is 6.08. The van der Waals surface area contributed by atoms with E-state index in [4.69, 9.17) is 11.6 Å². The molecule has 1 fully saturated rings. The lowest BCUT2D eigenvalue weighted by Gasteiger charge is -2.39. The van der Waals surface area contributed by atoms with Crippen molar-refractivity contribution in [2.75, 3.05) is 42.5 Å². The maximum Gasteiger partial charge on any atom is 0.223 e. The molecule has 4 rings (SSSR count). The molecule has 29 heavy (non-hydrogen) atoms. The second-order valence-corrected chi connectivity index (χ2v) is 8.32. The second kappa shape index (κ2) is 9.38. The van der Waals surface area contributed by atoms with Crippen molar-refractivity contribution in [3.05, 3.63) is 58.6 Å². The zero-order valence-corrected chi connectivity index (χ0v) is 18.7. The van der Waals surface area contributed by atoms with Crippen molar-refractivity contribution in [2.45, 2.75) is 32.7 Å². The van der Waals surface area contributed by atoms with Crippen molar-refractivity contribution in [1.29, 1.82) is 0 Å². The van der Waals surface area contributed by atoms with Crippen molar-refractivity contribution in [2.24, 2.45) is 0 Å². The number of carbonyl (C=O) groups is 1. The van der Waals surface area contributed by atoms with Crippen LogP contribution in [0, 0.1) is 0 Å². The zero-order valence-electron chi connectivity index (χ0n) is 17.1. The fraction of sp³-hybridized carbons (Fsp3) is 0.435. The number of fused-ring (bicyclic) bond motifs is 1. The number of carbonyl (C=O) groups excluding carboxylic acids is 1. The van der Waals surface area contributed by atoms with E-state index in [-0.39, 0.29) is 18.3 Å². The number of benzene rings is 2. The van der Waals surface area contributed by atoms with Gasteiger partial charge in [0, 0.05) is 51.4 Å². The number of para-hydroxylation sites is 1. The number of nitrogens with zero attached hydrogens (tertiary/aromatic N) is 3. The van der Waals surface area contributed by atoms with Gasteiger partial charge in [-0.05, 0) is 49.1 Å². The van der Waals surface area contributed by atoms with E-state index >= 15 is 0 Å². The lowest BCUT2D eigenvalue weighted by molar-refractivity contribution is -0.116. The lowest BCUT2D eigenvalue weighted by atomic mass is 10.0. The summed E-state index contributed by atoms with van der Waals surface area (Å²) in [5.74, 6) is 0.135. The summed E-state index contributed by atoms with van der Waals surface area (Å²) in [6.07, 6.45) is 2.01. The molecule has 1 saturated heterocycles. The van der Waals surface area contributed by atoms with E-state index in [1.807, 2.05) is 17.0 Å². The first-order valence-corrected chi connectivity index (χ1v) is 10.5. The third kappa shape index (κ3) is 4.71. The summed E-state index contributed by atoms with van der Waals surface area (Å²) >= 11 is 6.36. The SMILES string of the molecule is CC(=O)N1CCc2cc(CC(C)N3CCN(c4ccccc4Cl)CC3)ccc21.Cl. The standard InChI is InChI=1S/C23H28ClN3O.ClH/c1-17(15-19-7-8-22-20(16-19)9-10-27(22)18(2)28)25-11-13-26(14-12-25)23-6-4-3-5-21(23)24;/h3-8,16-17H,9-15H2,1-2H3;1H. The monoisotopic (exact) mass is 433 g/mol. The molecule has 0 aromatic heterocycles.